The maximum absolute atomic E-state index is 11.6. The predicted molar refractivity (Wildman–Crippen MR) is 71.6 cm³/mol. The smallest absolute Gasteiger partial charge is 0.291 e. The van der Waals surface area contributed by atoms with Crippen LogP contribution in [0.25, 0.3) is 6.08 Å². The summed E-state index contributed by atoms with van der Waals surface area (Å²) in [6.45, 7) is 3.68. The van der Waals surface area contributed by atoms with Crippen LogP contribution in [0.15, 0.2) is 39.6 Å². The SMILES string of the molecule is CC(C=NNC(=O)c1cc(C)[nH]n1)=Cc1ccco1. The largest absolute Gasteiger partial charge is 0.465 e. The van der Waals surface area contributed by atoms with Gasteiger partial charge in [0, 0.05) is 5.69 Å². The summed E-state index contributed by atoms with van der Waals surface area (Å²) < 4.78 is 5.16. The van der Waals surface area contributed by atoms with Gasteiger partial charge in [0.25, 0.3) is 5.91 Å². The van der Waals surface area contributed by atoms with Gasteiger partial charge in [-0.3, -0.25) is 9.89 Å². The summed E-state index contributed by atoms with van der Waals surface area (Å²) in [7, 11) is 0. The summed E-state index contributed by atoms with van der Waals surface area (Å²) >= 11 is 0. The summed E-state index contributed by atoms with van der Waals surface area (Å²) in [5.74, 6) is 0.379. The first-order chi connectivity index (χ1) is 9.15. The van der Waals surface area contributed by atoms with E-state index < -0.39 is 0 Å². The number of aromatic amines is 1. The van der Waals surface area contributed by atoms with Gasteiger partial charge in [0.05, 0.1) is 12.5 Å². The van der Waals surface area contributed by atoms with Crippen molar-refractivity contribution in [3.8, 4) is 0 Å². The van der Waals surface area contributed by atoms with E-state index >= 15 is 0 Å². The number of nitrogens with one attached hydrogen (secondary N) is 2. The van der Waals surface area contributed by atoms with Crippen molar-refractivity contribution in [2.24, 2.45) is 5.10 Å². The summed E-state index contributed by atoms with van der Waals surface area (Å²) in [5.41, 5.74) is 4.38. The van der Waals surface area contributed by atoms with Crippen molar-refractivity contribution >= 4 is 18.2 Å². The van der Waals surface area contributed by atoms with E-state index in [-0.39, 0.29) is 5.91 Å². The number of carbonyl (C=O) groups excluding carboxylic acids is 1. The molecule has 2 rings (SSSR count). The van der Waals surface area contributed by atoms with Crippen molar-refractivity contribution in [2.75, 3.05) is 0 Å². The minimum atomic E-state index is -0.355. The van der Waals surface area contributed by atoms with Crippen LogP contribution in [-0.4, -0.2) is 22.3 Å². The number of aryl methyl sites for hydroxylation is 1. The molecule has 0 radical (unpaired) electrons. The first-order valence-corrected chi connectivity index (χ1v) is 5.72. The number of hydrogen-bond donors (Lipinski definition) is 2. The number of carbonyl (C=O) groups is 1. The first-order valence-electron chi connectivity index (χ1n) is 5.72. The molecule has 0 spiro atoms. The lowest BCUT2D eigenvalue weighted by Crippen LogP contribution is -2.17. The molecule has 0 atom stereocenters. The summed E-state index contributed by atoms with van der Waals surface area (Å²) in [5, 5.41) is 10.4. The number of amides is 1. The number of aromatic nitrogens is 2. The van der Waals surface area contributed by atoms with Crippen LogP contribution < -0.4 is 5.43 Å². The molecular weight excluding hydrogens is 244 g/mol. The van der Waals surface area contributed by atoms with Crippen molar-refractivity contribution in [1.82, 2.24) is 15.6 Å². The van der Waals surface area contributed by atoms with Crippen LogP contribution in [0.2, 0.25) is 0 Å². The van der Waals surface area contributed by atoms with Gasteiger partial charge in [0.15, 0.2) is 5.69 Å². The lowest BCUT2D eigenvalue weighted by Gasteiger charge is -1.94. The van der Waals surface area contributed by atoms with Crippen LogP contribution in [0.1, 0.15) is 28.9 Å². The van der Waals surface area contributed by atoms with Crippen molar-refractivity contribution in [2.45, 2.75) is 13.8 Å². The van der Waals surface area contributed by atoms with E-state index in [0.717, 1.165) is 17.0 Å². The molecule has 0 aliphatic rings. The zero-order valence-electron chi connectivity index (χ0n) is 10.7. The van der Waals surface area contributed by atoms with E-state index in [4.69, 9.17) is 4.42 Å². The maximum atomic E-state index is 11.6. The van der Waals surface area contributed by atoms with Gasteiger partial charge in [0.1, 0.15) is 5.76 Å². The first kappa shape index (κ1) is 12.8. The molecule has 0 aliphatic carbocycles. The quantitative estimate of drug-likeness (QED) is 0.651. The zero-order valence-corrected chi connectivity index (χ0v) is 10.7. The normalized spacial score (nSPS) is 12.0. The van der Waals surface area contributed by atoms with Gasteiger partial charge in [0.2, 0.25) is 0 Å². The molecule has 6 heteroatoms. The average Bonchev–Trinajstić information content (AvgIpc) is 3.00. The highest BCUT2D eigenvalue weighted by Gasteiger charge is 2.07. The van der Waals surface area contributed by atoms with Gasteiger partial charge >= 0.3 is 0 Å². The Labute approximate surface area is 110 Å². The number of H-pyrrole nitrogens is 1. The molecule has 0 bridgehead atoms. The van der Waals surface area contributed by atoms with E-state index in [0.29, 0.717) is 5.69 Å². The Kier molecular flexibility index (Phi) is 3.92. The second kappa shape index (κ2) is 5.81. The molecule has 0 fully saturated rings. The molecule has 2 N–H and O–H groups in total. The highest BCUT2D eigenvalue weighted by Crippen LogP contribution is 2.05. The van der Waals surface area contributed by atoms with E-state index in [1.54, 1.807) is 24.6 Å². The monoisotopic (exact) mass is 258 g/mol. The molecule has 19 heavy (non-hydrogen) atoms. The standard InChI is InChI=1S/C13H14N4O2/c1-9(6-11-4-3-5-19-11)8-14-17-13(18)12-7-10(2)15-16-12/h3-8H,1-2H3,(H,15,16)(H,17,18). The Bertz CT molecular complexity index is 608. The van der Waals surface area contributed by atoms with Crippen molar-refractivity contribution in [3.05, 3.63) is 47.2 Å². The number of rotatable bonds is 4. The maximum Gasteiger partial charge on any atom is 0.291 e. The average molecular weight is 258 g/mol. The summed E-state index contributed by atoms with van der Waals surface area (Å²) in [6, 6.07) is 5.29. The van der Waals surface area contributed by atoms with Gasteiger partial charge in [-0.15, -0.1) is 0 Å². The van der Waals surface area contributed by atoms with Crippen LogP contribution in [0.3, 0.4) is 0 Å². The van der Waals surface area contributed by atoms with Crippen molar-refractivity contribution < 1.29 is 9.21 Å². The Balaban J connectivity index is 1.91. The summed E-state index contributed by atoms with van der Waals surface area (Å²) in [6.07, 6.45) is 4.95. The molecule has 0 saturated heterocycles. The van der Waals surface area contributed by atoms with E-state index in [1.165, 1.54) is 0 Å². The molecular formula is C13H14N4O2. The lowest BCUT2D eigenvalue weighted by molar-refractivity contribution is 0.0950. The van der Waals surface area contributed by atoms with Crippen LogP contribution in [0, 0.1) is 6.92 Å². The minimum absolute atomic E-state index is 0.308. The van der Waals surface area contributed by atoms with Crippen LogP contribution in [-0.2, 0) is 0 Å². The molecule has 2 heterocycles. The van der Waals surface area contributed by atoms with Crippen molar-refractivity contribution in [1.29, 1.82) is 0 Å². The third kappa shape index (κ3) is 3.67. The summed E-state index contributed by atoms with van der Waals surface area (Å²) in [4.78, 5) is 11.6. The number of allylic oxidation sites excluding steroid dienone is 1. The fourth-order valence-electron chi connectivity index (χ4n) is 1.42. The molecule has 0 saturated carbocycles. The predicted octanol–water partition coefficient (Wildman–Crippen LogP) is 2.13. The Morgan fingerprint density at radius 1 is 1.58 bits per heavy atom. The topological polar surface area (TPSA) is 83.3 Å². The van der Waals surface area contributed by atoms with Crippen LogP contribution >= 0.6 is 0 Å². The van der Waals surface area contributed by atoms with E-state index in [1.807, 2.05) is 26.0 Å². The number of furan rings is 1. The molecule has 0 aliphatic heterocycles. The van der Waals surface area contributed by atoms with Gasteiger partial charge < -0.3 is 4.42 Å². The van der Waals surface area contributed by atoms with Crippen LogP contribution in [0.4, 0.5) is 0 Å². The van der Waals surface area contributed by atoms with Crippen LogP contribution in [0.5, 0.6) is 0 Å². The lowest BCUT2D eigenvalue weighted by atomic mass is 10.3. The molecule has 6 nitrogen and oxygen atoms in total. The number of hydrogen-bond acceptors (Lipinski definition) is 4. The highest BCUT2D eigenvalue weighted by atomic mass is 16.3. The van der Waals surface area contributed by atoms with Gasteiger partial charge in [-0.2, -0.15) is 10.2 Å². The zero-order chi connectivity index (χ0) is 13.7. The fraction of sp³-hybridized carbons (Fsp3) is 0.154. The van der Waals surface area contributed by atoms with Gasteiger partial charge in [-0.25, -0.2) is 5.43 Å². The van der Waals surface area contributed by atoms with Gasteiger partial charge in [-0.05, 0) is 43.7 Å². The third-order valence-corrected chi connectivity index (χ3v) is 2.29. The van der Waals surface area contributed by atoms with E-state index in [2.05, 4.69) is 20.7 Å². The minimum Gasteiger partial charge on any atom is -0.465 e. The Morgan fingerprint density at radius 3 is 3.05 bits per heavy atom. The molecule has 98 valence electrons. The molecule has 2 aromatic rings. The van der Waals surface area contributed by atoms with E-state index in [9.17, 15) is 4.79 Å². The molecule has 0 aromatic carbocycles. The fourth-order valence-corrected chi connectivity index (χ4v) is 1.42. The Morgan fingerprint density at radius 2 is 2.42 bits per heavy atom. The van der Waals surface area contributed by atoms with Gasteiger partial charge in [-0.1, -0.05) is 0 Å². The molecule has 0 unspecified atom stereocenters. The highest BCUT2D eigenvalue weighted by molar-refractivity contribution is 5.93. The molecule has 2 aromatic heterocycles. The van der Waals surface area contributed by atoms with Crippen molar-refractivity contribution in [3.63, 3.8) is 0 Å². The number of nitrogens with zero attached hydrogens (tertiary/aromatic N) is 2. The molecule has 1 amide bonds. The second-order valence-electron chi connectivity index (χ2n) is 4.04. The second-order valence-corrected chi connectivity index (χ2v) is 4.04. The number of hydrazone groups is 1. The third-order valence-electron chi connectivity index (χ3n) is 2.29. The Hall–Kier alpha value is -2.63.